The number of aromatic nitrogens is 3. The Balaban J connectivity index is 1.29. The quantitative estimate of drug-likeness (QED) is 0.628. The summed E-state index contributed by atoms with van der Waals surface area (Å²) in [6.45, 7) is 8.69. The first kappa shape index (κ1) is 26.6. The summed E-state index contributed by atoms with van der Waals surface area (Å²) in [6.07, 6.45) is 3.57. The van der Waals surface area contributed by atoms with Gasteiger partial charge < -0.3 is 20.0 Å². The summed E-state index contributed by atoms with van der Waals surface area (Å²) in [7, 11) is 0. The monoisotopic (exact) mass is 545 g/mol. The van der Waals surface area contributed by atoms with E-state index in [2.05, 4.69) is 19.9 Å². The largest absolute Gasteiger partial charge is 0.433 e. The van der Waals surface area contributed by atoms with Gasteiger partial charge in [-0.05, 0) is 69.2 Å². The first-order valence-corrected chi connectivity index (χ1v) is 14.4. The maximum absolute atomic E-state index is 13.6. The lowest BCUT2D eigenvalue weighted by Crippen LogP contribution is -2.41. The number of carbonyl (C=O) groups excluding carboxylic acids is 1. The third-order valence-electron chi connectivity index (χ3n) is 9.01. The summed E-state index contributed by atoms with van der Waals surface area (Å²) >= 11 is 0. The van der Waals surface area contributed by atoms with E-state index in [0.717, 1.165) is 74.7 Å². The predicted octanol–water partition coefficient (Wildman–Crippen LogP) is 3.92. The minimum atomic E-state index is -4.51. The molecule has 0 radical (unpaired) electrons. The van der Waals surface area contributed by atoms with Gasteiger partial charge in [0.25, 0.3) is 0 Å². The summed E-state index contributed by atoms with van der Waals surface area (Å²) in [5.74, 6) is 1.47. The van der Waals surface area contributed by atoms with E-state index in [1.165, 1.54) is 25.1 Å². The second-order valence-electron chi connectivity index (χ2n) is 11.6. The molecule has 4 aliphatic heterocycles. The molecule has 6 rings (SSSR count). The summed E-state index contributed by atoms with van der Waals surface area (Å²) in [5.41, 5.74) is 2.58. The van der Waals surface area contributed by atoms with E-state index in [1.54, 1.807) is 6.92 Å². The molecule has 0 saturated carbocycles. The van der Waals surface area contributed by atoms with Crippen LogP contribution in [0.4, 0.5) is 24.7 Å². The molecule has 0 unspecified atom stereocenters. The number of likely N-dealkylation sites (tertiary alicyclic amines) is 1. The Labute approximate surface area is 227 Å². The molecule has 0 aromatic carbocycles. The maximum atomic E-state index is 13.6. The minimum Gasteiger partial charge on any atom is -0.338 e. The smallest absolute Gasteiger partial charge is 0.338 e. The molecule has 0 spiro atoms. The fourth-order valence-corrected chi connectivity index (χ4v) is 6.83. The van der Waals surface area contributed by atoms with Crippen LogP contribution in [0.3, 0.4) is 0 Å². The zero-order valence-corrected chi connectivity index (χ0v) is 22.6. The number of anilines is 2. The van der Waals surface area contributed by atoms with Crippen molar-refractivity contribution >= 4 is 17.4 Å². The molecule has 212 valence electrons. The highest BCUT2D eigenvalue weighted by Gasteiger charge is 2.37. The second-order valence-corrected chi connectivity index (χ2v) is 11.6. The van der Waals surface area contributed by atoms with Crippen LogP contribution in [0.5, 0.6) is 0 Å². The first-order chi connectivity index (χ1) is 18.8. The van der Waals surface area contributed by atoms with Gasteiger partial charge >= 0.3 is 6.18 Å². The molecule has 0 atom stereocenters. The van der Waals surface area contributed by atoms with E-state index in [0.29, 0.717) is 44.0 Å². The van der Waals surface area contributed by atoms with Crippen LogP contribution in [0.15, 0.2) is 12.3 Å². The van der Waals surface area contributed by atoms with Crippen LogP contribution in [0.1, 0.15) is 67.6 Å². The van der Waals surface area contributed by atoms with Gasteiger partial charge in [-0.25, -0.2) is 0 Å². The molecule has 0 aliphatic carbocycles. The highest BCUT2D eigenvalue weighted by atomic mass is 19.4. The lowest BCUT2D eigenvalue weighted by Gasteiger charge is -2.36. The first-order valence-electron chi connectivity index (χ1n) is 14.4. The molecule has 4 aliphatic rings. The van der Waals surface area contributed by atoms with Gasteiger partial charge in [-0.3, -0.25) is 14.5 Å². The fraction of sp³-hybridized carbons (Fsp3) is 0.679. The Kier molecular flexibility index (Phi) is 7.30. The summed E-state index contributed by atoms with van der Waals surface area (Å²) in [4.78, 5) is 22.4. The van der Waals surface area contributed by atoms with Gasteiger partial charge in [0.15, 0.2) is 5.82 Å². The van der Waals surface area contributed by atoms with E-state index < -0.39 is 11.9 Å². The van der Waals surface area contributed by atoms with E-state index in [1.807, 2.05) is 9.80 Å². The summed E-state index contributed by atoms with van der Waals surface area (Å²) in [5, 5.41) is 8.59. The van der Waals surface area contributed by atoms with Crippen LogP contribution in [-0.2, 0) is 30.4 Å². The SMILES string of the molecule is CC(=O)N1CCc2c(c(N3CCCc4cnc(C(F)(F)F)cc43)nn2C2CCN(CC3CCNCC3)CC2)C1. The lowest BCUT2D eigenvalue weighted by molar-refractivity contribution is -0.141. The highest BCUT2D eigenvalue weighted by Crippen LogP contribution is 2.41. The van der Waals surface area contributed by atoms with Gasteiger partial charge in [0.05, 0.1) is 12.6 Å². The van der Waals surface area contributed by atoms with Crippen LogP contribution < -0.4 is 10.2 Å². The van der Waals surface area contributed by atoms with Crippen LogP contribution >= 0.6 is 0 Å². The summed E-state index contributed by atoms with van der Waals surface area (Å²) in [6, 6.07) is 1.43. The number of nitrogens with one attached hydrogen (secondary N) is 1. The average molecular weight is 546 g/mol. The molecule has 39 heavy (non-hydrogen) atoms. The number of alkyl halides is 3. The molecule has 2 aromatic rings. The molecule has 8 nitrogen and oxygen atoms in total. The van der Waals surface area contributed by atoms with Crippen molar-refractivity contribution in [1.29, 1.82) is 0 Å². The van der Waals surface area contributed by atoms with Gasteiger partial charge in [0.2, 0.25) is 5.91 Å². The number of hydrogen-bond acceptors (Lipinski definition) is 6. The molecular formula is C28H38F3N7O. The van der Waals surface area contributed by atoms with Crippen molar-refractivity contribution in [2.75, 3.05) is 50.7 Å². The van der Waals surface area contributed by atoms with Crippen molar-refractivity contribution in [2.45, 2.75) is 70.6 Å². The van der Waals surface area contributed by atoms with E-state index >= 15 is 0 Å². The number of rotatable bonds is 4. The van der Waals surface area contributed by atoms with Gasteiger partial charge in [0, 0.05) is 69.2 Å². The van der Waals surface area contributed by atoms with Gasteiger partial charge in [0.1, 0.15) is 5.69 Å². The van der Waals surface area contributed by atoms with Gasteiger partial charge in [-0.15, -0.1) is 0 Å². The third-order valence-corrected chi connectivity index (χ3v) is 9.01. The maximum Gasteiger partial charge on any atom is 0.433 e. The number of aryl methyl sites for hydroxylation is 1. The predicted molar refractivity (Wildman–Crippen MR) is 142 cm³/mol. The van der Waals surface area contributed by atoms with Crippen molar-refractivity contribution in [3.05, 3.63) is 34.8 Å². The number of halogens is 3. The Morgan fingerprint density at radius 3 is 2.56 bits per heavy atom. The zero-order valence-electron chi connectivity index (χ0n) is 22.6. The second kappa shape index (κ2) is 10.7. The van der Waals surface area contributed by atoms with E-state index in [4.69, 9.17) is 5.10 Å². The van der Waals surface area contributed by atoms with Crippen LogP contribution in [0.25, 0.3) is 0 Å². The fourth-order valence-electron chi connectivity index (χ4n) is 6.83. The van der Waals surface area contributed by atoms with Crippen LogP contribution in [0.2, 0.25) is 0 Å². The molecule has 11 heteroatoms. The number of pyridine rings is 1. The Morgan fingerprint density at radius 2 is 1.85 bits per heavy atom. The molecule has 1 amide bonds. The molecule has 2 fully saturated rings. The molecule has 1 N–H and O–H groups in total. The number of hydrogen-bond donors (Lipinski definition) is 1. The van der Waals surface area contributed by atoms with Crippen molar-refractivity contribution in [1.82, 2.24) is 29.9 Å². The topological polar surface area (TPSA) is 69.5 Å². The van der Waals surface area contributed by atoms with E-state index in [9.17, 15) is 18.0 Å². The standard InChI is InChI=1S/C28H38F3N7O/c1-19(39)36-14-8-24-23(18-36)27(37-11-2-3-21-16-33-26(15-25(21)37)28(29,30)31)34-38(24)22-6-12-35(13-7-22)17-20-4-9-32-10-5-20/h15-16,20,22,32H,2-14,17-18H2,1H3. The highest BCUT2D eigenvalue weighted by molar-refractivity contribution is 5.75. The molecule has 6 heterocycles. The van der Waals surface area contributed by atoms with E-state index in [-0.39, 0.29) is 11.9 Å². The Bertz CT molecular complexity index is 1200. The molecule has 2 saturated heterocycles. The van der Waals surface area contributed by atoms with Crippen molar-refractivity contribution in [3.63, 3.8) is 0 Å². The number of amides is 1. The molecule has 2 aromatic heterocycles. The van der Waals surface area contributed by atoms with Crippen molar-refractivity contribution in [3.8, 4) is 0 Å². The number of fused-ring (bicyclic) bond motifs is 2. The van der Waals surface area contributed by atoms with Crippen LogP contribution in [0, 0.1) is 5.92 Å². The summed E-state index contributed by atoms with van der Waals surface area (Å²) < 4.78 is 42.9. The number of nitrogens with zero attached hydrogens (tertiary/aromatic N) is 6. The van der Waals surface area contributed by atoms with Crippen molar-refractivity contribution in [2.24, 2.45) is 5.92 Å². The van der Waals surface area contributed by atoms with Gasteiger partial charge in [-0.1, -0.05) is 0 Å². The zero-order chi connectivity index (χ0) is 27.1. The van der Waals surface area contributed by atoms with Crippen molar-refractivity contribution < 1.29 is 18.0 Å². The molecule has 0 bridgehead atoms. The average Bonchev–Trinajstić information content (AvgIpc) is 3.31. The molecular weight excluding hydrogens is 507 g/mol. The minimum absolute atomic E-state index is 0.00757. The normalized spacial score (nSPS) is 21.6. The number of piperidine rings is 2. The third kappa shape index (κ3) is 5.39. The Morgan fingerprint density at radius 1 is 1.08 bits per heavy atom. The van der Waals surface area contributed by atoms with Gasteiger partial charge in [-0.2, -0.15) is 18.3 Å². The van der Waals surface area contributed by atoms with Crippen LogP contribution in [-0.4, -0.2) is 76.3 Å². The number of carbonyl (C=O) groups is 1. The lowest BCUT2D eigenvalue weighted by atomic mass is 9.95. The Hall–Kier alpha value is -2.66.